The van der Waals surface area contributed by atoms with E-state index in [0.29, 0.717) is 36.0 Å². The Morgan fingerprint density at radius 3 is 2.34 bits per heavy atom. The fourth-order valence-electron chi connectivity index (χ4n) is 5.51. The molecule has 2 saturated heterocycles. The van der Waals surface area contributed by atoms with Crippen molar-refractivity contribution in [1.82, 2.24) is 19.7 Å². The van der Waals surface area contributed by atoms with Crippen molar-refractivity contribution in [3.8, 4) is 0 Å². The summed E-state index contributed by atoms with van der Waals surface area (Å²) in [5.41, 5.74) is 3.72. The molecule has 1 amide bonds. The van der Waals surface area contributed by atoms with Crippen LogP contribution in [-0.2, 0) is 4.79 Å². The van der Waals surface area contributed by atoms with Crippen LogP contribution in [0, 0.1) is 19.8 Å². The highest BCUT2D eigenvalue weighted by Gasteiger charge is 2.39. The molecule has 0 atom stereocenters. The predicted octanol–water partition coefficient (Wildman–Crippen LogP) is 3.89. The first-order chi connectivity index (χ1) is 16.7. The van der Waals surface area contributed by atoms with Gasteiger partial charge in [-0.3, -0.25) is 14.7 Å². The average Bonchev–Trinajstić information content (AvgIpc) is 3.11. The average molecular weight is 544 g/mol. The molecule has 1 aromatic carbocycles. The number of amides is 1. The first kappa shape index (κ1) is 25.6. The Balaban J connectivity index is 1.38. The monoisotopic (exact) mass is 543 g/mol. The Bertz CT molecular complexity index is 1090. The van der Waals surface area contributed by atoms with Crippen molar-refractivity contribution in [2.24, 2.45) is 10.9 Å². The minimum Gasteiger partial charge on any atom is -0.411 e. The summed E-state index contributed by atoms with van der Waals surface area (Å²) in [6.45, 7) is 9.31. The lowest BCUT2D eigenvalue weighted by Gasteiger charge is -2.49. The zero-order valence-electron chi connectivity index (χ0n) is 20.7. The number of nitrogens with zero attached hydrogens (tertiary/aromatic N) is 5. The van der Waals surface area contributed by atoms with Gasteiger partial charge in [-0.2, -0.15) is 0 Å². The fraction of sp³-hybridized carbons (Fsp3) is 0.538. The van der Waals surface area contributed by atoms with Gasteiger partial charge in [-0.25, -0.2) is 0 Å². The summed E-state index contributed by atoms with van der Waals surface area (Å²) < 4.78 is 1.03. The van der Waals surface area contributed by atoms with Gasteiger partial charge in [-0.15, -0.1) is 9.94 Å². The van der Waals surface area contributed by atoms with E-state index in [1.807, 2.05) is 17.0 Å². The van der Waals surface area contributed by atoms with Gasteiger partial charge in [0.25, 0.3) is 5.91 Å². The molecule has 0 radical (unpaired) electrons. The van der Waals surface area contributed by atoms with Crippen molar-refractivity contribution < 1.29 is 14.8 Å². The molecule has 3 heterocycles. The summed E-state index contributed by atoms with van der Waals surface area (Å²) in [5, 5.41) is 13.8. The van der Waals surface area contributed by atoms with Gasteiger partial charge in [0.15, 0.2) is 0 Å². The van der Waals surface area contributed by atoms with Crippen LogP contribution in [0.2, 0.25) is 0 Å². The van der Waals surface area contributed by atoms with E-state index in [1.54, 1.807) is 13.8 Å². The fourth-order valence-corrected chi connectivity index (χ4v) is 5.77. The highest BCUT2D eigenvalue weighted by atomic mass is 79.9. The molecule has 35 heavy (non-hydrogen) atoms. The molecule has 0 saturated carbocycles. The molecule has 2 fully saturated rings. The van der Waals surface area contributed by atoms with Crippen LogP contribution in [0.1, 0.15) is 59.9 Å². The molecule has 2 aliphatic heterocycles. The smallest absolute Gasteiger partial charge is 0.257 e. The summed E-state index contributed by atoms with van der Waals surface area (Å²) in [4.78, 5) is 34.0. The topological polar surface area (TPSA) is 91.0 Å². The van der Waals surface area contributed by atoms with Crippen LogP contribution < -0.4 is 0 Å². The molecular weight excluding hydrogens is 510 g/mol. The number of likely N-dealkylation sites (tertiary alicyclic amines) is 2. The zero-order chi connectivity index (χ0) is 25.2. The van der Waals surface area contributed by atoms with Crippen molar-refractivity contribution in [1.29, 1.82) is 0 Å². The maximum Gasteiger partial charge on any atom is 0.257 e. The third-order valence-corrected chi connectivity index (χ3v) is 8.26. The van der Waals surface area contributed by atoms with E-state index in [4.69, 9.17) is 0 Å². The van der Waals surface area contributed by atoms with Gasteiger partial charge in [-0.1, -0.05) is 28.1 Å². The van der Waals surface area contributed by atoms with Crippen LogP contribution in [0.3, 0.4) is 0 Å². The number of piperidine rings is 2. The van der Waals surface area contributed by atoms with E-state index in [-0.39, 0.29) is 18.0 Å². The number of benzene rings is 1. The van der Waals surface area contributed by atoms with Crippen LogP contribution in [0.25, 0.3) is 0 Å². The maximum absolute atomic E-state index is 13.1. The molecule has 1 N–H and O–H groups in total. The lowest BCUT2D eigenvalue weighted by molar-refractivity contribution is -0.106. The number of rotatable bonds is 6. The van der Waals surface area contributed by atoms with Gasteiger partial charge < -0.3 is 14.9 Å². The lowest BCUT2D eigenvalue weighted by atomic mass is 9.82. The van der Waals surface area contributed by atoms with Crippen molar-refractivity contribution >= 4 is 33.8 Å². The van der Waals surface area contributed by atoms with Gasteiger partial charge in [0.1, 0.15) is 6.29 Å². The highest BCUT2D eigenvalue weighted by Crippen LogP contribution is 2.34. The molecule has 188 valence electrons. The summed E-state index contributed by atoms with van der Waals surface area (Å²) in [6, 6.07) is 8.17. The summed E-state index contributed by atoms with van der Waals surface area (Å²) >= 11 is 3.49. The van der Waals surface area contributed by atoms with Gasteiger partial charge in [0.05, 0.1) is 23.5 Å². The van der Waals surface area contributed by atoms with E-state index in [2.05, 4.69) is 50.0 Å². The zero-order valence-corrected chi connectivity index (χ0v) is 22.3. The standard InChI is InChI=1S/C26H34BrN5O3/c1-18-23(19(2)32(35)29-18)25(34)30-15-10-26(3,11-16-30)31-13-8-21(9-14-31)24(28-12-17-33)20-4-6-22(27)7-5-20/h4-7,17,21,35H,8-16H2,1-3H3. The molecule has 2 aliphatic rings. The number of carbonyl (C=O) groups excluding carboxylic acids is 2. The number of aliphatic imine (C=N–C) groups is 1. The first-order valence-corrected chi connectivity index (χ1v) is 13.1. The molecule has 4 rings (SSSR count). The minimum absolute atomic E-state index is 0.0463. The van der Waals surface area contributed by atoms with Crippen LogP contribution in [0.4, 0.5) is 0 Å². The normalized spacial score (nSPS) is 19.7. The highest BCUT2D eigenvalue weighted by molar-refractivity contribution is 9.10. The number of aromatic nitrogens is 2. The molecule has 8 nitrogen and oxygen atoms in total. The number of hydrogen-bond donors (Lipinski definition) is 1. The molecule has 0 bridgehead atoms. The number of aldehydes is 1. The van der Waals surface area contributed by atoms with Crippen LogP contribution in [-0.4, -0.2) is 81.1 Å². The lowest BCUT2D eigenvalue weighted by Crippen LogP contribution is -2.56. The molecule has 0 spiro atoms. The van der Waals surface area contributed by atoms with Crippen molar-refractivity contribution in [3.05, 3.63) is 51.3 Å². The first-order valence-electron chi connectivity index (χ1n) is 12.3. The van der Waals surface area contributed by atoms with E-state index in [9.17, 15) is 14.8 Å². The number of halogens is 1. The second-order valence-electron chi connectivity index (χ2n) is 9.89. The Kier molecular flexibility index (Phi) is 7.76. The second-order valence-corrected chi connectivity index (χ2v) is 10.8. The Hall–Kier alpha value is -2.52. The van der Waals surface area contributed by atoms with Gasteiger partial charge in [-0.05, 0) is 77.2 Å². The Morgan fingerprint density at radius 1 is 1.17 bits per heavy atom. The molecule has 1 aromatic heterocycles. The largest absolute Gasteiger partial charge is 0.411 e. The number of hydrogen-bond acceptors (Lipinski definition) is 6. The van der Waals surface area contributed by atoms with E-state index >= 15 is 0 Å². The van der Waals surface area contributed by atoms with Crippen LogP contribution >= 0.6 is 15.9 Å². The molecule has 2 aromatic rings. The van der Waals surface area contributed by atoms with E-state index in [1.165, 1.54) is 0 Å². The van der Waals surface area contributed by atoms with Crippen LogP contribution in [0.15, 0.2) is 33.7 Å². The number of carbonyl (C=O) groups is 2. The quantitative estimate of drug-likeness (QED) is 0.339. The van der Waals surface area contributed by atoms with Gasteiger partial charge in [0, 0.05) is 34.7 Å². The molecule has 0 aliphatic carbocycles. The van der Waals surface area contributed by atoms with E-state index < -0.39 is 0 Å². The Morgan fingerprint density at radius 2 is 1.80 bits per heavy atom. The van der Waals surface area contributed by atoms with Crippen LogP contribution in [0.5, 0.6) is 0 Å². The summed E-state index contributed by atoms with van der Waals surface area (Å²) in [6.07, 6.45) is 4.68. The maximum atomic E-state index is 13.1. The van der Waals surface area contributed by atoms with Crippen molar-refractivity contribution in [2.75, 3.05) is 32.7 Å². The second kappa shape index (κ2) is 10.6. The van der Waals surface area contributed by atoms with Gasteiger partial charge in [0.2, 0.25) is 0 Å². The minimum atomic E-state index is -0.0495. The number of aryl methyl sites for hydroxylation is 1. The third kappa shape index (κ3) is 5.35. The van der Waals surface area contributed by atoms with E-state index in [0.717, 1.165) is 65.7 Å². The molecular formula is C26H34BrN5O3. The summed E-state index contributed by atoms with van der Waals surface area (Å²) in [5.74, 6) is 0.283. The predicted molar refractivity (Wildman–Crippen MR) is 138 cm³/mol. The van der Waals surface area contributed by atoms with Crippen molar-refractivity contribution in [3.63, 3.8) is 0 Å². The van der Waals surface area contributed by atoms with Crippen molar-refractivity contribution in [2.45, 2.75) is 52.0 Å². The molecule has 9 heteroatoms. The van der Waals surface area contributed by atoms with Gasteiger partial charge >= 0.3 is 0 Å². The third-order valence-electron chi connectivity index (χ3n) is 7.73. The molecule has 0 unspecified atom stereocenters. The SMILES string of the molecule is Cc1nn(O)c(C)c1C(=O)N1CCC(C)(N2CCC(C(=NCC=O)c3ccc(Br)cc3)CC2)CC1. The Labute approximate surface area is 215 Å². The summed E-state index contributed by atoms with van der Waals surface area (Å²) in [7, 11) is 0.